The summed E-state index contributed by atoms with van der Waals surface area (Å²) in [5, 5.41) is 0. The minimum atomic E-state index is -4.46. The fraction of sp³-hybridized carbons (Fsp3) is 0.167. The topological polar surface area (TPSA) is 45.8 Å². The Morgan fingerprint density at radius 2 is 1.94 bits per heavy atom. The van der Waals surface area contributed by atoms with Gasteiger partial charge in [-0.05, 0) is 13.0 Å². The molecular weight excluding hydrogens is 245 g/mol. The zero-order valence-corrected chi connectivity index (χ0v) is 9.38. The van der Waals surface area contributed by atoms with E-state index in [4.69, 9.17) is 0 Å². The van der Waals surface area contributed by atoms with Crippen molar-refractivity contribution in [2.24, 2.45) is 0 Å². The molecule has 0 aliphatic carbocycles. The predicted octanol–water partition coefficient (Wildman–Crippen LogP) is 3.22. The highest BCUT2D eigenvalue weighted by molar-refractivity contribution is 5.74. The summed E-state index contributed by atoms with van der Waals surface area (Å²) in [4.78, 5) is 17.0. The number of hydrogen-bond donors (Lipinski definition) is 1. The molecule has 2 aromatic rings. The van der Waals surface area contributed by atoms with E-state index in [1.54, 1.807) is 6.92 Å². The van der Waals surface area contributed by atoms with Gasteiger partial charge in [-0.15, -0.1) is 0 Å². The summed E-state index contributed by atoms with van der Waals surface area (Å²) in [7, 11) is 0. The molecule has 0 atom stereocenters. The predicted molar refractivity (Wildman–Crippen MR) is 59.2 cm³/mol. The van der Waals surface area contributed by atoms with E-state index in [2.05, 4.69) is 9.97 Å². The maximum atomic E-state index is 12.8. The Balaban J connectivity index is 2.64. The lowest BCUT2D eigenvalue weighted by molar-refractivity contribution is -0.137. The number of aromatic amines is 1. The number of alkyl halides is 3. The van der Waals surface area contributed by atoms with E-state index in [-0.39, 0.29) is 17.1 Å². The molecule has 0 saturated heterocycles. The van der Waals surface area contributed by atoms with E-state index in [1.807, 2.05) is 0 Å². The van der Waals surface area contributed by atoms with Crippen LogP contribution in [-0.2, 0) is 6.18 Å². The van der Waals surface area contributed by atoms with Gasteiger partial charge in [-0.3, -0.25) is 4.79 Å². The number of aromatic nitrogens is 2. The van der Waals surface area contributed by atoms with Gasteiger partial charge in [-0.25, -0.2) is 4.98 Å². The van der Waals surface area contributed by atoms with Crippen molar-refractivity contribution >= 4 is 6.29 Å². The van der Waals surface area contributed by atoms with Crippen LogP contribution in [0.5, 0.6) is 0 Å². The van der Waals surface area contributed by atoms with Gasteiger partial charge in [0.25, 0.3) is 0 Å². The molecule has 0 unspecified atom stereocenters. The fourth-order valence-corrected chi connectivity index (χ4v) is 1.74. The number of nitrogens with one attached hydrogen (secondary N) is 1. The van der Waals surface area contributed by atoms with Gasteiger partial charge in [0.1, 0.15) is 0 Å². The average Bonchev–Trinajstić information content (AvgIpc) is 2.69. The van der Waals surface area contributed by atoms with Crippen LogP contribution in [0.2, 0.25) is 0 Å². The van der Waals surface area contributed by atoms with Gasteiger partial charge in [-0.2, -0.15) is 13.2 Å². The van der Waals surface area contributed by atoms with Gasteiger partial charge in [0.05, 0.1) is 11.3 Å². The van der Waals surface area contributed by atoms with Crippen molar-refractivity contribution in [1.82, 2.24) is 9.97 Å². The molecule has 0 aliphatic heterocycles. The number of carbonyl (C=O) groups excluding carboxylic acids is 1. The number of halogens is 3. The molecule has 3 nitrogen and oxygen atoms in total. The minimum Gasteiger partial charge on any atom is -0.339 e. The monoisotopic (exact) mass is 254 g/mol. The Morgan fingerprint density at radius 1 is 1.28 bits per heavy atom. The molecule has 0 spiro atoms. The molecule has 1 aromatic heterocycles. The third kappa shape index (κ3) is 2.13. The van der Waals surface area contributed by atoms with Crippen LogP contribution in [-0.4, -0.2) is 16.3 Å². The Labute approximate surface area is 101 Å². The molecule has 0 bridgehead atoms. The van der Waals surface area contributed by atoms with Crippen LogP contribution in [0.15, 0.2) is 24.3 Å². The van der Waals surface area contributed by atoms with Crippen LogP contribution >= 0.6 is 0 Å². The van der Waals surface area contributed by atoms with Crippen LogP contribution in [0.1, 0.15) is 21.9 Å². The molecule has 1 heterocycles. The van der Waals surface area contributed by atoms with E-state index in [0.29, 0.717) is 12.0 Å². The number of benzene rings is 1. The van der Waals surface area contributed by atoms with Gasteiger partial charge < -0.3 is 4.98 Å². The SMILES string of the molecule is Cc1[nH]c(C=O)nc1-c1ccccc1C(F)(F)F. The number of carbonyl (C=O) groups is 1. The second-order valence-corrected chi connectivity index (χ2v) is 3.76. The summed E-state index contributed by atoms with van der Waals surface area (Å²) in [6, 6.07) is 5.14. The third-order valence-corrected chi connectivity index (χ3v) is 2.50. The highest BCUT2D eigenvalue weighted by Gasteiger charge is 2.34. The average molecular weight is 254 g/mol. The zero-order chi connectivity index (χ0) is 13.3. The molecule has 2 rings (SSSR count). The van der Waals surface area contributed by atoms with Crippen molar-refractivity contribution in [2.45, 2.75) is 13.1 Å². The van der Waals surface area contributed by atoms with Crippen molar-refractivity contribution in [2.75, 3.05) is 0 Å². The number of H-pyrrole nitrogens is 1. The summed E-state index contributed by atoms with van der Waals surface area (Å²) in [6.45, 7) is 1.57. The highest BCUT2D eigenvalue weighted by Crippen LogP contribution is 2.37. The minimum absolute atomic E-state index is 0.0134. The lowest BCUT2D eigenvalue weighted by Gasteiger charge is -2.11. The van der Waals surface area contributed by atoms with Crippen molar-refractivity contribution in [3.05, 3.63) is 41.3 Å². The second kappa shape index (κ2) is 4.29. The summed E-state index contributed by atoms with van der Waals surface area (Å²) < 4.78 is 38.5. The van der Waals surface area contributed by atoms with Crippen LogP contribution in [0, 0.1) is 6.92 Å². The lowest BCUT2D eigenvalue weighted by atomic mass is 10.0. The largest absolute Gasteiger partial charge is 0.417 e. The molecule has 6 heteroatoms. The normalized spacial score (nSPS) is 11.6. The van der Waals surface area contributed by atoms with Crippen molar-refractivity contribution in [3.8, 4) is 11.3 Å². The molecule has 18 heavy (non-hydrogen) atoms. The number of aryl methyl sites for hydroxylation is 1. The van der Waals surface area contributed by atoms with Crippen molar-refractivity contribution in [3.63, 3.8) is 0 Å². The molecular formula is C12H9F3N2O. The molecule has 0 aliphatic rings. The Morgan fingerprint density at radius 3 is 2.50 bits per heavy atom. The van der Waals surface area contributed by atoms with Gasteiger partial charge in [0.2, 0.25) is 0 Å². The smallest absolute Gasteiger partial charge is 0.339 e. The molecule has 0 amide bonds. The first-order chi connectivity index (χ1) is 8.43. The quantitative estimate of drug-likeness (QED) is 0.836. The van der Waals surface area contributed by atoms with E-state index in [1.165, 1.54) is 18.2 Å². The van der Waals surface area contributed by atoms with Crippen LogP contribution in [0.4, 0.5) is 13.2 Å². The maximum Gasteiger partial charge on any atom is 0.417 e. The molecule has 1 N–H and O–H groups in total. The molecule has 0 radical (unpaired) electrons. The van der Waals surface area contributed by atoms with Crippen molar-refractivity contribution in [1.29, 1.82) is 0 Å². The summed E-state index contributed by atoms with van der Waals surface area (Å²) in [5.41, 5.74) is -0.234. The van der Waals surface area contributed by atoms with Gasteiger partial charge in [0, 0.05) is 11.3 Å². The molecule has 0 saturated carbocycles. The van der Waals surface area contributed by atoms with E-state index >= 15 is 0 Å². The van der Waals surface area contributed by atoms with Crippen LogP contribution in [0.3, 0.4) is 0 Å². The van der Waals surface area contributed by atoms with Gasteiger partial charge in [0.15, 0.2) is 12.1 Å². The van der Waals surface area contributed by atoms with Gasteiger partial charge in [-0.1, -0.05) is 18.2 Å². The summed E-state index contributed by atoms with van der Waals surface area (Å²) >= 11 is 0. The lowest BCUT2D eigenvalue weighted by Crippen LogP contribution is -2.07. The Hall–Kier alpha value is -2.11. The number of hydrogen-bond acceptors (Lipinski definition) is 2. The van der Waals surface area contributed by atoms with E-state index in [0.717, 1.165) is 6.07 Å². The van der Waals surface area contributed by atoms with Gasteiger partial charge >= 0.3 is 6.18 Å². The third-order valence-electron chi connectivity index (χ3n) is 2.50. The number of rotatable bonds is 2. The van der Waals surface area contributed by atoms with Crippen molar-refractivity contribution < 1.29 is 18.0 Å². The zero-order valence-electron chi connectivity index (χ0n) is 9.38. The summed E-state index contributed by atoms with van der Waals surface area (Å²) in [6.07, 6.45) is -3.99. The molecule has 0 fully saturated rings. The maximum absolute atomic E-state index is 12.8. The molecule has 94 valence electrons. The second-order valence-electron chi connectivity index (χ2n) is 3.76. The highest BCUT2D eigenvalue weighted by atomic mass is 19.4. The first-order valence-corrected chi connectivity index (χ1v) is 5.12. The first kappa shape index (κ1) is 12.3. The number of nitrogens with zero attached hydrogens (tertiary/aromatic N) is 1. The van der Waals surface area contributed by atoms with E-state index in [9.17, 15) is 18.0 Å². The molecule has 1 aromatic carbocycles. The van der Waals surface area contributed by atoms with Crippen LogP contribution in [0.25, 0.3) is 11.3 Å². The fourth-order valence-electron chi connectivity index (χ4n) is 1.74. The van der Waals surface area contributed by atoms with Crippen LogP contribution < -0.4 is 0 Å². The number of aldehydes is 1. The first-order valence-electron chi connectivity index (χ1n) is 5.12. The van der Waals surface area contributed by atoms with E-state index < -0.39 is 11.7 Å². The standard InChI is InChI=1S/C12H9F3N2O/c1-7-11(17-10(6-18)16-7)8-4-2-3-5-9(8)12(13,14)15/h2-6H,1H3,(H,16,17). The Bertz CT molecular complexity index is 587. The summed E-state index contributed by atoms with van der Waals surface area (Å²) in [5.74, 6) is 0.0134. The Kier molecular flexibility index (Phi) is 2.94. The number of imidazole rings is 1.